The Morgan fingerprint density at radius 3 is 2.53 bits per heavy atom. The van der Waals surface area contributed by atoms with Crippen LogP contribution in [-0.2, 0) is 14.6 Å². The van der Waals surface area contributed by atoms with Gasteiger partial charge in [-0.3, -0.25) is 4.79 Å². The van der Waals surface area contributed by atoms with Gasteiger partial charge in [0.15, 0.2) is 9.84 Å². The lowest BCUT2D eigenvalue weighted by atomic mass is 9.97. The summed E-state index contributed by atoms with van der Waals surface area (Å²) in [4.78, 5) is 12.2. The molecule has 1 aromatic rings. The molecule has 0 N–H and O–H groups in total. The summed E-state index contributed by atoms with van der Waals surface area (Å²) in [5, 5.41) is -0.473. The molecule has 0 radical (unpaired) electrons. The van der Waals surface area contributed by atoms with Crippen LogP contribution in [0.25, 0.3) is 0 Å². The van der Waals surface area contributed by atoms with Crippen LogP contribution in [0.15, 0.2) is 47.4 Å². The number of carbonyl (C=O) groups excluding carboxylic acids is 1. The van der Waals surface area contributed by atoms with Crippen molar-refractivity contribution < 1.29 is 13.2 Å². The van der Waals surface area contributed by atoms with Gasteiger partial charge in [-0.05, 0) is 30.9 Å². The number of hydrogen-bond donors (Lipinski definition) is 0. The Morgan fingerprint density at radius 2 is 1.84 bits per heavy atom. The minimum Gasteiger partial charge on any atom is -0.299 e. The largest absolute Gasteiger partial charge is 0.299 e. The van der Waals surface area contributed by atoms with Gasteiger partial charge in [0.05, 0.1) is 10.1 Å². The van der Waals surface area contributed by atoms with Gasteiger partial charge in [-0.1, -0.05) is 30.4 Å². The smallest absolute Gasteiger partial charge is 0.181 e. The van der Waals surface area contributed by atoms with Gasteiger partial charge in [-0.2, -0.15) is 0 Å². The molecular formula is C15H16O3S. The standard InChI is InChI=1S/C15H16O3S/c1-10-9-14(12-7-8-13(16)15(10)12)19(17,18)11-5-3-2-4-6-11/h2-6,12,14-15H,1,7-9H2/t12-,14+,15+/m0/s1. The van der Waals surface area contributed by atoms with E-state index in [1.165, 1.54) is 0 Å². The quantitative estimate of drug-likeness (QED) is 0.779. The molecule has 0 bridgehead atoms. The summed E-state index contributed by atoms with van der Waals surface area (Å²) in [6.07, 6.45) is 1.60. The van der Waals surface area contributed by atoms with E-state index in [0.717, 1.165) is 5.57 Å². The molecule has 2 fully saturated rings. The van der Waals surface area contributed by atoms with E-state index in [4.69, 9.17) is 0 Å². The number of benzene rings is 1. The van der Waals surface area contributed by atoms with Gasteiger partial charge in [0.1, 0.15) is 5.78 Å². The Morgan fingerprint density at radius 1 is 1.16 bits per heavy atom. The van der Waals surface area contributed by atoms with Crippen LogP contribution in [0.1, 0.15) is 19.3 Å². The topological polar surface area (TPSA) is 51.2 Å². The van der Waals surface area contributed by atoms with Crippen LogP contribution in [0, 0.1) is 11.8 Å². The summed E-state index contributed by atoms with van der Waals surface area (Å²) in [6.45, 7) is 3.92. The molecule has 2 aliphatic rings. The van der Waals surface area contributed by atoms with Crippen LogP contribution in [0.5, 0.6) is 0 Å². The average molecular weight is 276 g/mol. The number of allylic oxidation sites excluding steroid dienone is 1. The zero-order chi connectivity index (χ0) is 13.6. The molecule has 0 unspecified atom stereocenters. The Balaban J connectivity index is 2.00. The third-order valence-corrected chi connectivity index (χ3v) is 6.59. The second-order valence-electron chi connectivity index (χ2n) is 5.41. The van der Waals surface area contributed by atoms with Crippen molar-refractivity contribution in [2.45, 2.75) is 29.4 Å². The third kappa shape index (κ3) is 1.86. The molecule has 0 amide bonds. The Labute approximate surface area is 113 Å². The van der Waals surface area contributed by atoms with E-state index in [1.54, 1.807) is 30.3 Å². The molecule has 0 aliphatic heterocycles. The first-order chi connectivity index (χ1) is 9.01. The number of fused-ring (bicyclic) bond motifs is 1. The van der Waals surface area contributed by atoms with Gasteiger partial charge in [0.2, 0.25) is 0 Å². The van der Waals surface area contributed by atoms with Crippen LogP contribution in [0.2, 0.25) is 0 Å². The van der Waals surface area contributed by atoms with Gasteiger partial charge in [0, 0.05) is 12.3 Å². The Hall–Kier alpha value is -1.42. The number of carbonyl (C=O) groups is 1. The van der Waals surface area contributed by atoms with Crippen LogP contribution in [0.4, 0.5) is 0 Å². The minimum absolute atomic E-state index is 0.0646. The van der Waals surface area contributed by atoms with E-state index in [0.29, 0.717) is 24.2 Å². The number of ketones is 1. The van der Waals surface area contributed by atoms with Crippen molar-refractivity contribution in [1.82, 2.24) is 0 Å². The Kier molecular flexibility index (Phi) is 2.86. The second kappa shape index (κ2) is 4.30. The van der Waals surface area contributed by atoms with Gasteiger partial charge in [-0.25, -0.2) is 8.42 Å². The predicted molar refractivity (Wildman–Crippen MR) is 72.4 cm³/mol. The maximum absolute atomic E-state index is 12.7. The van der Waals surface area contributed by atoms with E-state index in [1.807, 2.05) is 0 Å². The minimum atomic E-state index is -3.36. The fraction of sp³-hybridized carbons (Fsp3) is 0.400. The highest BCUT2D eigenvalue weighted by atomic mass is 32.2. The normalized spacial score (nSPS) is 30.6. The zero-order valence-corrected chi connectivity index (χ0v) is 11.4. The first-order valence-electron chi connectivity index (χ1n) is 6.51. The molecule has 3 nitrogen and oxygen atoms in total. The summed E-state index contributed by atoms with van der Waals surface area (Å²) < 4.78 is 25.4. The van der Waals surface area contributed by atoms with Gasteiger partial charge in [-0.15, -0.1) is 0 Å². The molecule has 0 spiro atoms. The number of rotatable bonds is 2. The molecule has 3 rings (SSSR count). The Bertz CT molecular complexity index is 631. The van der Waals surface area contributed by atoms with Gasteiger partial charge < -0.3 is 0 Å². The fourth-order valence-corrected chi connectivity index (χ4v) is 5.54. The molecule has 0 saturated heterocycles. The van der Waals surface area contributed by atoms with Crippen LogP contribution in [-0.4, -0.2) is 19.5 Å². The summed E-state index contributed by atoms with van der Waals surface area (Å²) in [5.74, 6) is -0.116. The molecule has 19 heavy (non-hydrogen) atoms. The molecule has 4 heteroatoms. The van der Waals surface area contributed by atoms with Crippen molar-refractivity contribution in [2.75, 3.05) is 0 Å². The number of sulfone groups is 1. The molecule has 0 heterocycles. The molecular weight excluding hydrogens is 260 g/mol. The van der Waals surface area contributed by atoms with Crippen molar-refractivity contribution in [3.05, 3.63) is 42.5 Å². The van der Waals surface area contributed by atoms with Crippen molar-refractivity contribution in [3.63, 3.8) is 0 Å². The summed E-state index contributed by atoms with van der Waals surface area (Å²) in [7, 11) is -3.36. The molecule has 3 atom stereocenters. The lowest BCUT2D eigenvalue weighted by molar-refractivity contribution is -0.119. The number of hydrogen-bond acceptors (Lipinski definition) is 3. The molecule has 0 aromatic heterocycles. The predicted octanol–water partition coefficient (Wildman–Crippen LogP) is 2.38. The maximum atomic E-state index is 12.7. The SMILES string of the molecule is C=C1C[C@@H](S(=O)(=O)c2ccccc2)[C@@H]2CCC(=O)[C@H]12. The van der Waals surface area contributed by atoms with E-state index >= 15 is 0 Å². The van der Waals surface area contributed by atoms with Gasteiger partial charge in [0.25, 0.3) is 0 Å². The molecule has 2 aliphatic carbocycles. The number of Topliss-reactive ketones (excluding diaryl/α,β-unsaturated/α-hetero) is 1. The highest BCUT2D eigenvalue weighted by Gasteiger charge is 2.51. The first-order valence-corrected chi connectivity index (χ1v) is 8.06. The zero-order valence-electron chi connectivity index (χ0n) is 10.6. The maximum Gasteiger partial charge on any atom is 0.181 e. The van der Waals surface area contributed by atoms with Crippen molar-refractivity contribution in [2.24, 2.45) is 11.8 Å². The van der Waals surface area contributed by atoms with Crippen LogP contribution in [0.3, 0.4) is 0 Å². The van der Waals surface area contributed by atoms with Crippen LogP contribution < -0.4 is 0 Å². The molecule has 1 aromatic carbocycles. The van der Waals surface area contributed by atoms with Crippen molar-refractivity contribution in [3.8, 4) is 0 Å². The highest BCUT2D eigenvalue weighted by molar-refractivity contribution is 7.92. The van der Waals surface area contributed by atoms with Crippen LogP contribution >= 0.6 is 0 Å². The van der Waals surface area contributed by atoms with Crippen molar-refractivity contribution in [1.29, 1.82) is 0 Å². The molecule has 2 saturated carbocycles. The molecule has 100 valence electrons. The van der Waals surface area contributed by atoms with E-state index < -0.39 is 15.1 Å². The second-order valence-corrected chi connectivity index (χ2v) is 7.57. The van der Waals surface area contributed by atoms with Gasteiger partial charge >= 0.3 is 0 Å². The lowest BCUT2D eigenvalue weighted by Gasteiger charge is -2.17. The fourth-order valence-electron chi connectivity index (χ4n) is 3.46. The lowest BCUT2D eigenvalue weighted by Crippen LogP contribution is -2.26. The van der Waals surface area contributed by atoms with Crippen molar-refractivity contribution >= 4 is 15.6 Å². The first kappa shape index (κ1) is 12.6. The summed E-state index contributed by atoms with van der Waals surface area (Å²) in [5.41, 5.74) is 0.803. The average Bonchev–Trinajstić information content (AvgIpc) is 2.93. The summed E-state index contributed by atoms with van der Waals surface area (Å²) >= 11 is 0. The monoisotopic (exact) mass is 276 g/mol. The summed E-state index contributed by atoms with van der Waals surface area (Å²) in [6, 6.07) is 8.51. The van der Waals surface area contributed by atoms with E-state index in [-0.39, 0.29) is 17.6 Å². The van der Waals surface area contributed by atoms with E-state index in [2.05, 4.69) is 6.58 Å². The van der Waals surface area contributed by atoms with E-state index in [9.17, 15) is 13.2 Å². The third-order valence-electron chi connectivity index (χ3n) is 4.35. The highest BCUT2D eigenvalue weighted by Crippen LogP contribution is 2.48.